The fourth-order valence-corrected chi connectivity index (χ4v) is 5.82. The van der Waals surface area contributed by atoms with Crippen molar-refractivity contribution in [2.45, 2.75) is 4.90 Å². The molecule has 0 atom stereocenters. The third kappa shape index (κ3) is 3.22. The fourth-order valence-electron chi connectivity index (χ4n) is 4.21. The van der Waals surface area contributed by atoms with E-state index in [4.69, 9.17) is 4.74 Å². The third-order valence-corrected chi connectivity index (χ3v) is 7.67. The van der Waals surface area contributed by atoms with Gasteiger partial charge < -0.3 is 9.64 Å². The second-order valence-electron chi connectivity index (χ2n) is 7.81. The average molecular weight is 473 g/mol. The van der Waals surface area contributed by atoms with Crippen LogP contribution < -0.4 is 13.9 Å². The van der Waals surface area contributed by atoms with Gasteiger partial charge in [-0.05, 0) is 54.6 Å². The van der Waals surface area contributed by atoms with Crippen LogP contribution in [0.4, 0.5) is 11.4 Å². The largest absolute Gasteiger partial charge is 0.497 e. The van der Waals surface area contributed by atoms with Crippen molar-refractivity contribution < 1.29 is 22.7 Å². The normalized spacial score (nSPS) is 12.8. The number of methoxy groups -OCH3 is 1. The van der Waals surface area contributed by atoms with Crippen LogP contribution in [0.15, 0.2) is 89.8 Å². The fraction of sp³-hybridized carbons (Fsp3) is 0.0769. The number of carbonyl (C=O) groups excluding carboxylic acids is 2. The molecule has 8 heteroatoms. The summed E-state index contributed by atoms with van der Waals surface area (Å²) in [5.74, 6) is -0.370. The van der Waals surface area contributed by atoms with E-state index in [1.807, 2.05) is 0 Å². The molecule has 4 aromatic carbocycles. The van der Waals surface area contributed by atoms with Gasteiger partial charge in [-0.2, -0.15) is 4.31 Å². The summed E-state index contributed by atoms with van der Waals surface area (Å²) < 4.78 is 34.2. The Bertz CT molecular complexity index is 1550. The molecule has 2 amide bonds. The summed E-state index contributed by atoms with van der Waals surface area (Å²) in [6.07, 6.45) is 0. The first kappa shape index (κ1) is 21.7. The van der Waals surface area contributed by atoms with Gasteiger partial charge in [0.25, 0.3) is 21.8 Å². The number of ether oxygens (including phenoxy) is 1. The summed E-state index contributed by atoms with van der Waals surface area (Å²) in [7, 11) is -1.22. The van der Waals surface area contributed by atoms with Crippen LogP contribution in [0.2, 0.25) is 0 Å². The van der Waals surface area contributed by atoms with Crippen molar-refractivity contribution in [2.75, 3.05) is 23.4 Å². The van der Waals surface area contributed by atoms with Gasteiger partial charge in [0.05, 0.1) is 23.4 Å². The van der Waals surface area contributed by atoms with Crippen LogP contribution in [0.1, 0.15) is 20.7 Å². The number of benzene rings is 4. The van der Waals surface area contributed by atoms with Crippen LogP contribution in [-0.2, 0) is 10.0 Å². The highest BCUT2D eigenvalue weighted by Gasteiger charge is 2.36. The summed E-state index contributed by atoms with van der Waals surface area (Å²) in [5.41, 5.74) is 1.45. The van der Waals surface area contributed by atoms with Crippen LogP contribution >= 0.6 is 0 Å². The summed E-state index contributed by atoms with van der Waals surface area (Å²) in [6.45, 7) is 0. The minimum atomic E-state index is -4.38. The molecule has 1 heterocycles. The van der Waals surface area contributed by atoms with Crippen LogP contribution in [0.3, 0.4) is 0 Å². The minimum absolute atomic E-state index is 0.0590. The van der Waals surface area contributed by atoms with Crippen LogP contribution in [-0.4, -0.2) is 34.4 Å². The Balaban J connectivity index is 1.74. The van der Waals surface area contributed by atoms with E-state index in [2.05, 4.69) is 0 Å². The predicted octanol–water partition coefficient (Wildman–Crippen LogP) is 4.47. The number of anilines is 2. The second kappa shape index (κ2) is 8.00. The molecule has 0 unspecified atom stereocenters. The van der Waals surface area contributed by atoms with E-state index in [0.29, 0.717) is 27.8 Å². The van der Waals surface area contributed by atoms with E-state index in [1.165, 1.54) is 30.2 Å². The Hall–Kier alpha value is -4.17. The molecule has 0 aliphatic carbocycles. The molecule has 0 saturated heterocycles. The third-order valence-electron chi connectivity index (χ3n) is 5.91. The van der Waals surface area contributed by atoms with Crippen molar-refractivity contribution in [1.82, 2.24) is 0 Å². The number of nitrogens with zero attached hydrogens (tertiary/aromatic N) is 2. The number of carbonyl (C=O) groups is 2. The molecule has 4 aromatic rings. The molecule has 1 aliphatic rings. The van der Waals surface area contributed by atoms with Gasteiger partial charge in [0.2, 0.25) is 0 Å². The van der Waals surface area contributed by atoms with Crippen molar-refractivity contribution in [3.63, 3.8) is 0 Å². The predicted molar refractivity (Wildman–Crippen MR) is 130 cm³/mol. The lowest BCUT2D eigenvalue weighted by Crippen LogP contribution is -2.37. The van der Waals surface area contributed by atoms with E-state index < -0.39 is 15.9 Å². The molecule has 0 fully saturated rings. The Labute approximate surface area is 196 Å². The molecule has 0 spiro atoms. The zero-order valence-corrected chi connectivity index (χ0v) is 19.2. The molecule has 7 nitrogen and oxygen atoms in total. The smallest absolute Gasteiger partial charge is 0.272 e. The van der Waals surface area contributed by atoms with Gasteiger partial charge in [-0.15, -0.1) is 0 Å². The lowest BCUT2D eigenvalue weighted by Gasteiger charge is -2.24. The second-order valence-corrected chi connectivity index (χ2v) is 9.57. The quantitative estimate of drug-likeness (QED) is 0.428. The molecule has 1 aliphatic heterocycles. The van der Waals surface area contributed by atoms with Gasteiger partial charge in [0.1, 0.15) is 5.75 Å². The lowest BCUT2D eigenvalue weighted by atomic mass is 10.1. The summed E-state index contributed by atoms with van der Waals surface area (Å²) in [4.78, 5) is 27.6. The summed E-state index contributed by atoms with van der Waals surface area (Å²) in [5, 5.41) is 0.935. The monoisotopic (exact) mass is 472 g/mol. The number of hydrogen-bond acceptors (Lipinski definition) is 5. The highest BCUT2D eigenvalue weighted by Crippen LogP contribution is 2.40. The van der Waals surface area contributed by atoms with Crippen molar-refractivity contribution in [1.29, 1.82) is 0 Å². The highest BCUT2D eigenvalue weighted by molar-refractivity contribution is 7.93. The molecule has 34 heavy (non-hydrogen) atoms. The summed E-state index contributed by atoms with van der Waals surface area (Å²) >= 11 is 0. The molecule has 170 valence electrons. The van der Waals surface area contributed by atoms with Crippen molar-refractivity contribution >= 4 is 44.0 Å². The molecule has 0 saturated carbocycles. The maximum absolute atomic E-state index is 14.1. The standard InChI is InChI=1S/C26H20N2O5S/c1-27-22-15-16-23(20-9-6-10-21(24(20)22)26(27)30)34(31,32)28(18-11-13-19(33-2)14-12-18)25(29)17-7-4-3-5-8-17/h3-16H,1-2H3. The van der Waals surface area contributed by atoms with Gasteiger partial charge >= 0.3 is 0 Å². The molecule has 5 rings (SSSR count). The van der Waals surface area contributed by atoms with Gasteiger partial charge in [0, 0.05) is 28.9 Å². The Morgan fingerprint density at radius 3 is 2.26 bits per heavy atom. The average Bonchev–Trinajstić information content (AvgIpc) is 3.11. The molecule has 0 bridgehead atoms. The van der Waals surface area contributed by atoms with Crippen LogP contribution in [0.25, 0.3) is 10.8 Å². The van der Waals surface area contributed by atoms with Gasteiger partial charge in [-0.3, -0.25) is 9.59 Å². The zero-order chi connectivity index (χ0) is 24.0. The first-order chi connectivity index (χ1) is 16.3. The Kier molecular flexibility index (Phi) is 5.10. The topological polar surface area (TPSA) is 84.0 Å². The molecule has 0 aromatic heterocycles. The first-order valence-corrected chi connectivity index (χ1v) is 11.9. The molecule has 0 N–H and O–H groups in total. The lowest BCUT2D eigenvalue weighted by molar-refractivity contribution is 0.0993. The minimum Gasteiger partial charge on any atom is -0.497 e. The SMILES string of the molecule is COc1ccc(N(C(=O)c2ccccc2)S(=O)(=O)c2ccc3c4c(cccc24)C(=O)N3C)cc1. The maximum atomic E-state index is 14.1. The molecular formula is C26H20N2O5S. The van der Waals surface area contributed by atoms with Crippen LogP contribution in [0, 0.1) is 0 Å². The van der Waals surface area contributed by atoms with E-state index in [1.54, 1.807) is 73.8 Å². The van der Waals surface area contributed by atoms with Gasteiger partial charge in [-0.1, -0.05) is 30.3 Å². The highest BCUT2D eigenvalue weighted by atomic mass is 32.2. The van der Waals surface area contributed by atoms with Crippen molar-refractivity contribution in [3.8, 4) is 5.75 Å². The van der Waals surface area contributed by atoms with Crippen molar-refractivity contribution in [3.05, 3.63) is 96.1 Å². The van der Waals surface area contributed by atoms with E-state index in [-0.39, 0.29) is 22.1 Å². The molecule has 0 radical (unpaired) electrons. The van der Waals surface area contributed by atoms with Crippen LogP contribution in [0.5, 0.6) is 5.75 Å². The zero-order valence-electron chi connectivity index (χ0n) is 18.4. The first-order valence-electron chi connectivity index (χ1n) is 10.5. The van der Waals surface area contributed by atoms with E-state index in [0.717, 1.165) is 4.31 Å². The van der Waals surface area contributed by atoms with Gasteiger partial charge in [0.15, 0.2) is 0 Å². The van der Waals surface area contributed by atoms with E-state index >= 15 is 0 Å². The summed E-state index contributed by atoms with van der Waals surface area (Å²) in [6, 6.07) is 22.5. The Morgan fingerprint density at radius 1 is 0.882 bits per heavy atom. The maximum Gasteiger partial charge on any atom is 0.272 e. The molecular weight excluding hydrogens is 452 g/mol. The number of amides is 2. The Morgan fingerprint density at radius 2 is 1.59 bits per heavy atom. The number of sulfonamides is 1. The number of hydrogen-bond donors (Lipinski definition) is 0. The van der Waals surface area contributed by atoms with Gasteiger partial charge in [-0.25, -0.2) is 8.42 Å². The van der Waals surface area contributed by atoms with Crippen molar-refractivity contribution in [2.24, 2.45) is 0 Å². The van der Waals surface area contributed by atoms with E-state index in [9.17, 15) is 18.0 Å². The number of rotatable bonds is 5.